The quantitative estimate of drug-likeness (QED) is 0.137. The van der Waals surface area contributed by atoms with Gasteiger partial charge >= 0.3 is 0 Å². The molecule has 0 bridgehead atoms. The second kappa shape index (κ2) is 12.4. The summed E-state index contributed by atoms with van der Waals surface area (Å²) in [4.78, 5) is 22.5. The van der Waals surface area contributed by atoms with E-state index < -0.39 is 5.54 Å². The summed E-state index contributed by atoms with van der Waals surface area (Å²) < 4.78 is 7.63. The van der Waals surface area contributed by atoms with Gasteiger partial charge in [-0.3, -0.25) is 4.79 Å². The Balaban J connectivity index is 1.48. The zero-order valence-electron chi connectivity index (χ0n) is 23.9. The lowest BCUT2D eigenvalue weighted by atomic mass is 9.77. The predicted molar refractivity (Wildman–Crippen MR) is 167 cm³/mol. The van der Waals surface area contributed by atoms with E-state index >= 15 is 0 Å². The smallest absolute Gasteiger partial charge is 0.213 e. The van der Waals surface area contributed by atoms with Crippen LogP contribution in [0.3, 0.4) is 0 Å². The van der Waals surface area contributed by atoms with Crippen molar-refractivity contribution in [1.82, 2.24) is 14.5 Å². The molecule has 0 amide bonds. The van der Waals surface area contributed by atoms with Gasteiger partial charge in [-0.1, -0.05) is 116 Å². The van der Waals surface area contributed by atoms with Gasteiger partial charge in [-0.05, 0) is 41.2 Å². The van der Waals surface area contributed by atoms with E-state index in [1.165, 1.54) is 6.42 Å². The number of pyridine rings is 1. The van der Waals surface area contributed by atoms with Crippen molar-refractivity contribution in [2.45, 2.75) is 37.6 Å². The number of carbonyl (C=O) groups excluding carboxylic acids is 1. The van der Waals surface area contributed by atoms with Gasteiger partial charge in [-0.25, -0.2) is 9.97 Å². The number of hydrogen-bond donors (Lipinski definition) is 0. The first-order valence-electron chi connectivity index (χ1n) is 14.7. The summed E-state index contributed by atoms with van der Waals surface area (Å²) in [6, 6.07) is 33.5. The minimum atomic E-state index is -0.665. The van der Waals surface area contributed by atoms with E-state index in [9.17, 15) is 4.79 Å². The summed E-state index contributed by atoms with van der Waals surface area (Å²) in [6.45, 7) is 0. The fraction of sp³-hybridized carbons (Fsp3) is 0.216. The van der Waals surface area contributed by atoms with Gasteiger partial charge in [0.2, 0.25) is 5.88 Å². The van der Waals surface area contributed by atoms with Gasteiger partial charge in [-0.2, -0.15) is 0 Å². The molecule has 2 heterocycles. The van der Waals surface area contributed by atoms with Crippen molar-refractivity contribution in [2.24, 2.45) is 5.92 Å². The molecule has 5 nitrogen and oxygen atoms in total. The Bertz CT molecular complexity index is 1560. The summed E-state index contributed by atoms with van der Waals surface area (Å²) >= 11 is 0. The predicted octanol–water partition coefficient (Wildman–Crippen LogP) is 7.96. The Morgan fingerprint density at radius 2 is 1.40 bits per heavy atom. The van der Waals surface area contributed by atoms with Crippen molar-refractivity contribution in [2.75, 3.05) is 7.11 Å². The Kier molecular flexibility index (Phi) is 8.09. The van der Waals surface area contributed by atoms with Crippen LogP contribution in [-0.2, 0) is 10.3 Å². The standard InChI is InChI=1S/C37H35N3O2/c1-42-36-24-29(22-23-35(41)28-14-6-2-7-15-28)33(25-38-36)34-26-40(27-39-34)37(30-16-8-3-9-17-30,31-18-10-4-11-19-31)32-20-12-5-13-21-32/h3-5,8-13,16-28H,2,6-7,14-15H2,1H3/b23-22+. The van der Waals surface area contributed by atoms with Crippen LogP contribution in [-0.4, -0.2) is 27.4 Å². The zero-order chi connectivity index (χ0) is 28.8. The maximum Gasteiger partial charge on any atom is 0.213 e. The fourth-order valence-electron chi connectivity index (χ4n) is 6.24. The van der Waals surface area contributed by atoms with E-state index in [1.54, 1.807) is 19.4 Å². The second-order valence-corrected chi connectivity index (χ2v) is 10.9. The summed E-state index contributed by atoms with van der Waals surface area (Å²) in [7, 11) is 1.60. The van der Waals surface area contributed by atoms with Crippen molar-refractivity contribution < 1.29 is 9.53 Å². The van der Waals surface area contributed by atoms with E-state index in [0.717, 1.165) is 59.2 Å². The minimum Gasteiger partial charge on any atom is -0.481 e. The van der Waals surface area contributed by atoms with Gasteiger partial charge in [0, 0.05) is 29.9 Å². The van der Waals surface area contributed by atoms with Crippen LogP contribution in [0.5, 0.6) is 5.88 Å². The number of ketones is 1. The number of benzene rings is 3. The molecule has 5 heteroatoms. The average molecular weight is 554 g/mol. The number of allylic oxidation sites excluding steroid dienone is 1. The molecular weight excluding hydrogens is 518 g/mol. The third kappa shape index (κ3) is 5.30. The highest BCUT2D eigenvalue weighted by Gasteiger charge is 2.38. The number of hydrogen-bond acceptors (Lipinski definition) is 4. The maximum atomic E-state index is 13.0. The normalized spacial score (nSPS) is 14.2. The highest BCUT2D eigenvalue weighted by atomic mass is 16.5. The molecule has 1 aliphatic carbocycles. The van der Waals surface area contributed by atoms with Crippen molar-refractivity contribution in [3.05, 3.63) is 144 Å². The van der Waals surface area contributed by atoms with E-state index in [0.29, 0.717) is 5.88 Å². The SMILES string of the molecule is COc1cc(/C=C/C(=O)C2CCCCC2)c(-c2cn(C(c3ccccc3)(c3ccccc3)c3ccccc3)cn2)cn1. The first-order chi connectivity index (χ1) is 20.7. The largest absolute Gasteiger partial charge is 0.481 e. The first-order valence-corrected chi connectivity index (χ1v) is 14.7. The maximum absolute atomic E-state index is 13.0. The Morgan fingerprint density at radius 1 is 0.833 bits per heavy atom. The lowest BCUT2D eigenvalue weighted by molar-refractivity contribution is -0.119. The number of methoxy groups -OCH3 is 1. The van der Waals surface area contributed by atoms with E-state index in [1.807, 2.05) is 36.7 Å². The monoisotopic (exact) mass is 553 g/mol. The molecule has 0 N–H and O–H groups in total. The number of nitrogens with zero attached hydrogens (tertiary/aromatic N) is 3. The fourth-order valence-corrected chi connectivity index (χ4v) is 6.24. The van der Waals surface area contributed by atoms with E-state index in [-0.39, 0.29) is 11.7 Å². The zero-order valence-corrected chi connectivity index (χ0v) is 23.9. The number of aromatic nitrogens is 3. The van der Waals surface area contributed by atoms with Crippen LogP contribution in [0.2, 0.25) is 0 Å². The molecule has 1 aliphatic rings. The van der Waals surface area contributed by atoms with Gasteiger partial charge in [0.05, 0.1) is 19.1 Å². The first kappa shape index (κ1) is 27.4. The van der Waals surface area contributed by atoms with Crippen LogP contribution in [0.25, 0.3) is 17.3 Å². The minimum absolute atomic E-state index is 0.115. The van der Waals surface area contributed by atoms with Gasteiger partial charge in [0.1, 0.15) is 5.54 Å². The molecule has 2 aromatic heterocycles. The molecule has 0 unspecified atom stereocenters. The number of carbonyl (C=O) groups is 1. The van der Waals surface area contributed by atoms with Crippen LogP contribution < -0.4 is 4.74 Å². The topological polar surface area (TPSA) is 57.0 Å². The molecular formula is C37H35N3O2. The number of ether oxygens (including phenoxy) is 1. The number of imidazole rings is 1. The van der Waals surface area contributed by atoms with Gasteiger partial charge in [0.25, 0.3) is 0 Å². The Labute approximate surface area is 247 Å². The van der Waals surface area contributed by atoms with Crippen LogP contribution >= 0.6 is 0 Å². The molecule has 1 fully saturated rings. The van der Waals surface area contributed by atoms with Gasteiger partial charge < -0.3 is 9.30 Å². The summed E-state index contributed by atoms with van der Waals surface area (Å²) in [5.41, 5.74) is 5.16. The van der Waals surface area contributed by atoms with Crippen molar-refractivity contribution in [3.8, 4) is 17.1 Å². The molecule has 0 radical (unpaired) electrons. The lowest BCUT2D eigenvalue weighted by Crippen LogP contribution is -2.36. The lowest BCUT2D eigenvalue weighted by Gasteiger charge is -2.37. The number of rotatable bonds is 9. The Morgan fingerprint density at radius 3 is 1.95 bits per heavy atom. The van der Waals surface area contributed by atoms with Crippen LogP contribution in [0.4, 0.5) is 0 Å². The average Bonchev–Trinajstić information content (AvgIpc) is 3.56. The van der Waals surface area contributed by atoms with Crippen LogP contribution in [0.15, 0.2) is 122 Å². The van der Waals surface area contributed by atoms with Crippen molar-refractivity contribution in [1.29, 1.82) is 0 Å². The third-order valence-corrected chi connectivity index (χ3v) is 8.38. The van der Waals surface area contributed by atoms with Gasteiger partial charge in [-0.15, -0.1) is 0 Å². The van der Waals surface area contributed by atoms with Crippen LogP contribution in [0.1, 0.15) is 54.4 Å². The van der Waals surface area contributed by atoms with Crippen LogP contribution in [0, 0.1) is 5.92 Å². The highest BCUT2D eigenvalue weighted by Crippen LogP contribution is 2.41. The summed E-state index contributed by atoms with van der Waals surface area (Å²) in [5, 5.41) is 0. The molecule has 5 aromatic rings. The molecule has 0 spiro atoms. The Hall–Kier alpha value is -4.77. The van der Waals surface area contributed by atoms with E-state index in [2.05, 4.69) is 88.5 Å². The molecule has 0 aliphatic heterocycles. The summed E-state index contributed by atoms with van der Waals surface area (Å²) in [6.07, 6.45) is 14.8. The molecule has 6 rings (SSSR count). The van der Waals surface area contributed by atoms with Gasteiger partial charge in [0.15, 0.2) is 5.78 Å². The molecule has 1 saturated carbocycles. The molecule has 3 aromatic carbocycles. The van der Waals surface area contributed by atoms with Crippen molar-refractivity contribution >= 4 is 11.9 Å². The van der Waals surface area contributed by atoms with Crippen molar-refractivity contribution in [3.63, 3.8) is 0 Å². The molecule has 210 valence electrons. The third-order valence-electron chi connectivity index (χ3n) is 8.38. The van der Waals surface area contributed by atoms with E-state index in [4.69, 9.17) is 9.72 Å². The second-order valence-electron chi connectivity index (χ2n) is 10.9. The molecule has 0 saturated heterocycles. The molecule has 42 heavy (non-hydrogen) atoms. The highest BCUT2D eigenvalue weighted by molar-refractivity contribution is 5.96. The summed E-state index contributed by atoms with van der Waals surface area (Å²) in [5.74, 6) is 0.804. The molecule has 0 atom stereocenters.